The minimum Gasteiger partial charge on any atom is -0.480 e. The number of nitrogens with zero attached hydrogens (tertiary/aromatic N) is 1. The average molecular weight is 479 g/mol. The highest BCUT2D eigenvalue weighted by Crippen LogP contribution is 2.44. The van der Waals surface area contributed by atoms with E-state index in [2.05, 4.69) is 29.6 Å². The molecule has 1 aliphatic carbocycles. The van der Waals surface area contributed by atoms with Crippen LogP contribution in [-0.2, 0) is 19.1 Å². The van der Waals surface area contributed by atoms with E-state index in [1.807, 2.05) is 24.3 Å². The van der Waals surface area contributed by atoms with E-state index in [1.165, 1.54) is 4.90 Å². The molecule has 2 amide bonds. The maximum Gasteiger partial charge on any atom is 0.407 e. The molecule has 2 heterocycles. The Morgan fingerprint density at radius 2 is 1.71 bits per heavy atom. The van der Waals surface area contributed by atoms with Crippen LogP contribution in [0.4, 0.5) is 4.79 Å². The van der Waals surface area contributed by atoms with Crippen molar-refractivity contribution in [1.82, 2.24) is 10.2 Å². The number of carbonyl (C=O) groups is 3. The highest BCUT2D eigenvalue weighted by Gasteiger charge is 2.51. The second kappa shape index (κ2) is 9.34. The Morgan fingerprint density at radius 1 is 1.09 bits per heavy atom. The van der Waals surface area contributed by atoms with E-state index in [-0.39, 0.29) is 30.6 Å². The minimum atomic E-state index is -1.03. The zero-order valence-corrected chi connectivity index (χ0v) is 19.8. The summed E-state index contributed by atoms with van der Waals surface area (Å²) in [5.74, 6) is -1.98. The molecular formula is C27H30N2O6. The van der Waals surface area contributed by atoms with Gasteiger partial charge >= 0.3 is 12.1 Å². The van der Waals surface area contributed by atoms with Crippen LogP contribution in [0.5, 0.6) is 0 Å². The van der Waals surface area contributed by atoms with Crippen LogP contribution in [0.1, 0.15) is 43.7 Å². The lowest BCUT2D eigenvalue weighted by molar-refractivity contribution is -0.151. The molecule has 35 heavy (non-hydrogen) atoms. The van der Waals surface area contributed by atoms with Crippen LogP contribution >= 0.6 is 0 Å². The lowest BCUT2D eigenvalue weighted by atomic mass is 9.98. The van der Waals surface area contributed by atoms with Gasteiger partial charge in [-0.15, -0.1) is 0 Å². The molecule has 184 valence electrons. The van der Waals surface area contributed by atoms with E-state index >= 15 is 0 Å². The first-order chi connectivity index (χ1) is 16.9. The van der Waals surface area contributed by atoms with Crippen LogP contribution in [0.2, 0.25) is 0 Å². The third kappa shape index (κ3) is 4.16. The highest BCUT2D eigenvalue weighted by atomic mass is 16.5. The number of carboxylic acids is 1. The summed E-state index contributed by atoms with van der Waals surface area (Å²) < 4.78 is 11.2. The summed E-state index contributed by atoms with van der Waals surface area (Å²) in [6.07, 6.45) is 0.0863. The molecule has 8 heteroatoms. The number of likely N-dealkylation sites (tertiary alicyclic amines) is 1. The van der Waals surface area contributed by atoms with Crippen LogP contribution in [-0.4, -0.2) is 65.4 Å². The van der Waals surface area contributed by atoms with Crippen LogP contribution in [0.3, 0.4) is 0 Å². The van der Waals surface area contributed by atoms with Crippen LogP contribution in [0.25, 0.3) is 11.1 Å². The Labute approximate surface area is 204 Å². The predicted molar refractivity (Wildman–Crippen MR) is 128 cm³/mol. The molecule has 2 aromatic carbocycles. The molecule has 2 N–H and O–H groups in total. The standard InChI is InChI=1S/C27H30N2O6/c1-15(25(30)29-22-11-12-34-24(22)13-23(29)26(31)32)16(2)28-27(33)35-14-21-19-9-5-3-7-17(19)18-8-4-6-10-20(18)21/h3-10,15-16,21-24H,11-14H2,1-2H3,(H,28,33)(H,31,32)/t15?,16?,22-,23?,24-/m0/s1. The number of alkyl carbamates (subject to hydrolysis) is 1. The summed E-state index contributed by atoms with van der Waals surface area (Å²) in [6, 6.07) is 14.6. The quantitative estimate of drug-likeness (QED) is 0.660. The molecule has 2 aromatic rings. The summed E-state index contributed by atoms with van der Waals surface area (Å²) in [5.41, 5.74) is 4.55. The van der Waals surface area contributed by atoms with Crippen molar-refractivity contribution in [3.05, 3.63) is 59.7 Å². The fourth-order valence-corrected chi connectivity index (χ4v) is 5.68. The molecule has 0 aromatic heterocycles. The zero-order valence-electron chi connectivity index (χ0n) is 19.8. The van der Waals surface area contributed by atoms with Gasteiger partial charge in [-0.25, -0.2) is 9.59 Å². The van der Waals surface area contributed by atoms with Crippen LogP contribution in [0.15, 0.2) is 48.5 Å². The fourth-order valence-electron chi connectivity index (χ4n) is 5.68. The highest BCUT2D eigenvalue weighted by molar-refractivity contribution is 5.87. The molecule has 5 atom stereocenters. The topological polar surface area (TPSA) is 105 Å². The average Bonchev–Trinajstić information content (AvgIpc) is 3.53. The summed E-state index contributed by atoms with van der Waals surface area (Å²) in [4.78, 5) is 39.2. The van der Waals surface area contributed by atoms with Crippen LogP contribution in [0, 0.1) is 5.92 Å². The van der Waals surface area contributed by atoms with Gasteiger partial charge in [-0.05, 0) is 35.6 Å². The van der Waals surface area contributed by atoms with Gasteiger partial charge in [0, 0.05) is 25.0 Å². The molecule has 2 saturated heterocycles. The molecule has 2 fully saturated rings. The SMILES string of the molecule is CC(NC(=O)OCC1c2ccccc2-c2ccccc21)C(C)C(=O)N1C(C(=O)O)C[C@@H]2OCC[C@@H]21. The third-order valence-corrected chi connectivity index (χ3v) is 7.69. The van der Waals surface area contributed by atoms with E-state index in [9.17, 15) is 19.5 Å². The summed E-state index contributed by atoms with van der Waals surface area (Å²) in [6.45, 7) is 4.15. The molecule has 0 radical (unpaired) electrons. The smallest absolute Gasteiger partial charge is 0.407 e. The summed E-state index contributed by atoms with van der Waals surface area (Å²) in [5, 5.41) is 12.4. The number of amides is 2. The molecule has 2 aliphatic heterocycles. The third-order valence-electron chi connectivity index (χ3n) is 7.69. The number of rotatable bonds is 6. The number of ether oxygens (including phenoxy) is 2. The lowest BCUT2D eigenvalue weighted by Crippen LogP contribution is -2.51. The normalized spacial score (nSPS) is 24.3. The van der Waals surface area contributed by atoms with Gasteiger partial charge < -0.3 is 24.8 Å². The largest absolute Gasteiger partial charge is 0.480 e. The first kappa shape index (κ1) is 23.4. The van der Waals surface area contributed by atoms with E-state index < -0.39 is 30.1 Å². The van der Waals surface area contributed by atoms with Gasteiger partial charge in [0.15, 0.2) is 0 Å². The van der Waals surface area contributed by atoms with E-state index in [4.69, 9.17) is 9.47 Å². The molecule has 8 nitrogen and oxygen atoms in total. The van der Waals surface area contributed by atoms with Gasteiger partial charge in [-0.3, -0.25) is 4.79 Å². The van der Waals surface area contributed by atoms with Gasteiger partial charge in [-0.1, -0.05) is 55.5 Å². The second-order valence-corrected chi connectivity index (χ2v) is 9.65. The number of fused-ring (bicyclic) bond motifs is 4. The summed E-state index contributed by atoms with van der Waals surface area (Å²) in [7, 11) is 0. The zero-order chi connectivity index (χ0) is 24.7. The van der Waals surface area contributed by atoms with Crippen molar-refractivity contribution in [3.8, 4) is 11.1 Å². The van der Waals surface area contributed by atoms with E-state index in [1.54, 1.807) is 13.8 Å². The molecular weight excluding hydrogens is 448 g/mol. The van der Waals surface area contributed by atoms with E-state index in [0.717, 1.165) is 22.3 Å². The number of aliphatic carboxylic acids is 1. The van der Waals surface area contributed by atoms with Gasteiger partial charge in [0.05, 0.1) is 18.1 Å². The second-order valence-electron chi connectivity index (χ2n) is 9.65. The molecule has 3 aliphatic rings. The van der Waals surface area contributed by atoms with Crippen molar-refractivity contribution in [3.63, 3.8) is 0 Å². The fraction of sp³-hybridized carbons (Fsp3) is 0.444. The Bertz CT molecular complexity index is 1100. The summed E-state index contributed by atoms with van der Waals surface area (Å²) >= 11 is 0. The molecule has 0 saturated carbocycles. The number of hydrogen-bond donors (Lipinski definition) is 2. The van der Waals surface area contributed by atoms with Crippen molar-refractivity contribution in [2.45, 2.75) is 56.8 Å². The monoisotopic (exact) mass is 478 g/mol. The van der Waals surface area contributed by atoms with Crippen molar-refractivity contribution < 1.29 is 29.0 Å². The Hall–Kier alpha value is -3.39. The first-order valence-electron chi connectivity index (χ1n) is 12.1. The number of carboxylic acid groups (broad SMARTS) is 1. The van der Waals surface area contributed by atoms with Crippen molar-refractivity contribution in [2.75, 3.05) is 13.2 Å². The van der Waals surface area contributed by atoms with Crippen LogP contribution < -0.4 is 5.32 Å². The number of nitrogens with one attached hydrogen (secondary N) is 1. The van der Waals surface area contributed by atoms with Crippen molar-refractivity contribution in [1.29, 1.82) is 0 Å². The Kier molecular flexibility index (Phi) is 6.23. The molecule has 0 bridgehead atoms. The molecule has 3 unspecified atom stereocenters. The number of carbonyl (C=O) groups excluding carboxylic acids is 2. The molecule has 0 spiro atoms. The van der Waals surface area contributed by atoms with Gasteiger partial charge in [0.25, 0.3) is 0 Å². The number of hydrogen-bond acceptors (Lipinski definition) is 5. The Morgan fingerprint density at radius 3 is 2.34 bits per heavy atom. The Balaban J connectivity index is 1.21. The number of benzene rings is 2. The minimum absolute atomic E-state index is 0.0530. The van der Waals surface area contributed by atoms with E-state index in [0.29, 0.717) is 19.4 Å². The maximum atomic E-state index is 13.3. The van der Waals surface area contributed by atoms with Gasteiger partial charge in [0.1, 0.15) is 12.6 Å². The van der Waals surface area contributed by atoms with Crippen molar-refractivity contribution >= 4 is 18.0 Å². The van der Waals surface area contributed by atoms with Gasteiger partial charge in [0.2, 0.25) is 5.91 Å². The lowest BCUT2D eigenvalue weighted by Gasteiger charge is -2.31. The maximum absolute atomic E-state index is 13.3. The van der Waals surface area contributed by atoms with Gasteiger partial charge in [-0.2, -0.15) is 0 Å². The first-order valence-corrected chi connectivity index (χ1v) is 12.1. The molecule has 5 rings (SSSR count). The van der Waals surface area contributed by atoms with Crippen molar-refractivity contribution in [2.24, 2.45) is 5.92 Å². The predicted octanol–water partition coefficient (Wildman–Crippen LogP) is 3.39.